The maximum absolute atomic E-state index is 12.2. The van der Waals surface area contributed by atoms with E-state index < -0.39 is 17.9 Å². The molecular formula is C16H14Cl2N2O2. The fourth-order valence-electron chi connectivity index (χ4n) is 1.98. The zero-order valence-corrected chi connectivity index (χ0v) is 13.1. The largest absolute Gasteiger partial charge is 0.368 e. The van der Waals surface area contributed by atoms with Crippen LogP contribution in [0.25, 0.3) is 0 Å². The van der Waals surface area contributed by atoms with E-state index in [9.17, 15) is 9.59 Å². The molecule has 1 atom stereocenters. The lowest BCUT2D eigenvalue weighted by Gasteiger charge is -2.16. The molecule has 2 aromatic rings. The van der Waals surface area contributed by atoms with Gasteiger partial charge in [-0.15, -0.1) is 0 Å². The van der Waals surface area contributed by atoms with Crippen LogP contribution in [-0.2, 0) is 11.2 Å². The molecule has 0 radical (unpaired) electrons. The average molecular weight is 337 g/mol. The van der Waals surface area contributed by atoms with Gasteiger partial charge in [0.2, 0.25) is 5.91 Å². The molecule has 0 unspecified atom stereocenters. The van der Waals surface area contributed by atoms with Gasteiger partial charge in [-0.2, -0.15) is 0 Å². The van der Waals surface area contributed by atoms with Gasteiger partial charge in [-0.1, -0.05) is 53.5 Å². The van der Waals surface area contributed by atoms with Crippen molar-refractivity contribution in [1.29, 1.82) is 0 Å². The van der Waals surface area contributed by atoms with Crippen LogP contribution in [0.1, 0.15) is 15.9 Å². The van der Waals surface area contributed by atoms with Crippen LogP contribution < -0.4 is 11.1 Å². The average Bonchev–Trinajstić information content (AvgIpc) is 2.47. The summed E-state index contributed by atoms with van der Waals surface area (Å²) in [7, 11) is 0. The van der Waals surface area contributed by atoms with Gasteiger partial charge in [-0.3, -0.25) is 9.59 Å². The van der Waals surface area contributed by atoms with Gasteiger partial charge < -0.3 is 11.1 Å². The number of nitrogens with one attached hydrogen (secondary N) is 1. The molecule has 3 N–H and O–H groups in total. The number of halogens is 2. The van der Waals surface area contributed by atoms with E-state index >= 15 is 0 Å². The quantitative estimate of drug-likeness (QED) is 0.881. The van der Waals surface area contributed by atoms with Crippen molar-refractivity contribution in [3.63, 3.8) is 0 Å². The molecule has 0 spiro atoms. The molecule has 0 heterocycles. The van der Waals surface area contributed by atoms with Crippen LogP contribution in [0.3, 0.4) is 0 Å². The predicted octanol–water partition coefficient (Wildman–Crippen LogP) is 2.82. The van der Waals surface area contributed by atoms with Gasteiger partial charge in [0.1, 0.15) is 6.04 Å². The number of amides is 2. The predicted molar refractivity (Wildman–Crippen MR) is 87.1 cm³/mol. The first-order valence-electron chi connectivity index (χ1n) is 6.56. The Morgan fingerprint density at radius 3 is 2.36 bits per heavy atom. The van der Waals surface area contributed by atoms with E-state index in [0.717, 1.165) is 5.56 Å². The van der Waals surface area contributed by atoms with Crippen LogP contribution in [0.5, 0.6) is 0 Å². The highest BCUT2D eigenvalue weighted by Crippen LogP contribution is 2.21. The van der Waals surface area contributed by atoms with Crippen molar-refractivity contribution in [2.75, 3.05) is 0 Å². The van der Waals surface area contributed by atoms with E-state index in [0.29, 0.717) is 11.4 Å². The lowest BCUT2D eigenvalue weighted by molar-refractivity contribution is -0.119. The Morgan fingerprint density at radius 1 is 1.09 bits per heavy atom. The van der Waals surface area contributed by atoms with Gasteiger partial charge in [-0.25, -0.2) is 0 Å². The molecule has 0 saturated carbocycles. The van der Waals surface area contributed by atoms with Gasteiger partial charge in [0.25, 0.3) is 5.91 Å². The number of hydrogen-bond acceptors (Lipinski definition) is 2. The highest BCUT2D eigenvalue weighted by atomic mass is 35.5. The van der Waals surface area contributed by atoms with Crippen LogP contribution in [0.4, 0.5) is 0 Å². The van der Waals surface area contributed by atoms with Gasteiger partial charge in [-0.05, 0) is 23.8 Å². The van der Waals surface area contributed by atoms with Crippen molar-refractivity contribution >= 4 is 35.0 Å². The third kappa shape index (κ3) is 4.23. The van der Waals surface area contributed by atoms with Crippen molar-refractivity contribution in [3.05, 3.63) is 69.7 Å². The monoisotopic (exact) mass is 336 g/mol. The molecule has 22 heavy (non-hydrogen) atoms. The first-order valence-corrected chi connectivity index (χ1v) is 7.32. The van der Waals surface area contributed by atoms with Gasteiger partial charge in [0.05, 0.1) is 10.6 Å². The molecule has 6 heteroatoms. The summed E-state index contributed by atoms with van der Waals surface area (Å²) in [5, 5.41) is 3.24. The smallest absolute Gasteiger partial charge is 0.253 e. The Bertz CT molecular complexity index is 690. The maximum Gasteiger partial charge on any atom is 0.253 e. The molecule has 2 aromatic carbocycles. The van der Waals surface area contributed by atoms with E-state index in [1.807, 2.05) is 30.3 Å². The van der Waals surface area contributed by atoms with Crippen LogP contribution in [0.2, 0.25) is 10.0 Å². The standard InChI is InChI=1S/C16H14Cl2N2O2/c17-11-6-7-12(13(18)9-11)16(22)20-14(15(19)21)8-10-4-2-1-3-5-10/h1-7,9,14H,8H2,(H2,19,21)(H,20,22)/t14-/m1/s1. The number of nitrogens with two attached hydrogens (primary N) is 1. The highest BCUT2D eigenvalue weighted by Gasteiger charge is 2.20. The summed E-state index contributed by atoms with van der Waals surface area (Å²) < 4.78 is 0. The highest BCUT2D eigenvalue weighted by molar-refractivity contribution is 6.36. The number of rotatable bonds is 5. The minimum absolute atomic E-state index is 0.216. The Kier molecular flexibility index (Phi) is 5.41. The van der Waals surface area contributed by atoms with Gasteiger partial charge in [0, 0.05) is 11.4 Å². The van der Waals surface area contributed by atoms with E-state index in [1.54, 1.807) is 6.07 Å². The zero-order valence-electron chi connectivity index (χ0n) is 11.6. The normalized spacial score (nSPS) is 11.7. The molecule has 0 aliphatic carbocycles. The number of hydrogen-bond donors (Lipinski definition) is 2. The summed E-state index contributed by atoms with van der Waals surface area (Å²) in [5.41, 5.74) is 6.50. The van der Waals surface area contributed by atoms with Crippen molar-refractivity contribution in [2.45, 2.75) is 12.5 Å². The third-order valence-electron chi connectivity index (χ3n) is 3.11. The molecule has 0 aliphatic heterocycles. The lowest BCUT2D eigenvalue weighted by Crippen LogP contribution is -2.45. The topological polar surface area (TPSA) is 72.2 Å². The van der Waals surface area contributed by atoms with E-state index in [1.165, 1.54) is 12.1 Å². The summed E-state index contributed by atoms with van der Waals surface area (Å²) in [6, 6.07) is 13.0. The van der Waals surface area contributed by atoms with Crippen LogP contribution in [0, 0.1) is 0 Å². The van der Waals surface area contributed by atoms with Gasteiger partial charge in [0.15, 0.2) is 0 Å². The SMILES string of the molecule is NC(=O)[C@@H](Cc1ccccc1)NC(=O)c1ccc(Cl)cc1Cl. The minimum Gasteiger partial charge on any atom is -0.368 e. The first-order chi connectivity index (χ1) is 10.5. The molecule has 114 valence electrons. The van der Waals surface area contributed by atoms with Crippen LogP contribution in [0.15, 0.2) is 48.5 Å². The zero-order chi connectivity index (χ0) is 16.1. The van der Waals surface area contributed by atoms with Gasteiger partial charge >= 0.3 is 0 Å². The summed E-state index contributed by atoms with van der Waals surface area (Å²) in [5.74, 6) is -1.08. The molecular weight excluding hydrogens is 323 g/mol. The van der Waals surface area contributed by atoms with Crippen molar-refractivity contribution in [2.24, 2.45) is 5.73 Å². The second-order valence-corrected chi connectivity index (χ2v) is 5.59. The third-order valence-corrected chi connectivity index (χ3v) is 3.65. The van der Waals surface area contributed by atoms with E-state index in [4.69, 9.17) is 28.9 Å². The molecule has 0 aliphatic rings. The first kappa shape index (κ1) is 16.3. The number of carbonyl (C=O) groups is 2. The fourth-order valence-corrected chi connectivity index (χ4v) is 2.48. The van der Waals surface area contributed by atoms with Crippen molar-refractivity contribution in [1.82, 2.24) is 5.32 Å². The Balaban J connectivity index is 2.14. The molecule has 0 aromatic heterocycles. The summed E-state index contributed by atoms with van der Waals surface area (Å²) >= 11 is 11.8. The van der Waals surface area contributed by atoms with Crippen molar-refractivity contribution in [3.8, 4) is 0 Å². The molecule has 0 fully saturated rings. The lowest BCUT2D eigenvalue weighted by atomic mass is 10.0. The minimum atomic E-state index is -0.818. The second kappa shape index (κ2) is 7.29. The summed E-state index contributed by atoms with van der Waals surface area (Å²) in [4.78, 5) is 23.8. The van der Waals surface area contributed by atoms with E-state index in [2.05, 4.69) is 5.32 Å². The number of benzene rings is 2. The van der Waals surface area contributed by atoms with Crippen LogP contribution in [-0.4, -0.2) is 17.9 Å². The summed E-state index contributed by atoms with van der Waals surface area (Å²) in [6.45, 7) is 0. The number of carbonyl (C=O) groups excluding carboxylic acids is 2. The van der Waals surface area contributed by atoms with E-state index in [-0.39, 0.29) is 10.6 Å². The van der Waals surface area contributed by atoms with Crippen molar-refractivity contribution < 1.29 is 9.59 Å². The maximum atomic E-state index is 12.2. The number of primary amides is 1. The molecule has 0 saturated heterocycles. The molecule has 2 amide bonds. The second-order valence-electron chi connectivity index (χ2n) is 4.74. The van der Waals surface area contributed by atoms with Crippen LogP contribution >= 0.6 is 23.2 Å². The fraction of sp³-hybridized carbons (Fsp3) is 0.125. The summed E-state index contributed by atoms with van der Waals surface area (Å²) in [6.07, 6.45) is 0.313. The Hall–Kier alpha value is -2.04. The molecule has 2 rings (SSSR count). The molecule has 4 nitrogen and oxygen atoms in total. The molecule has 0 bridgehead atoms. The Labute approximate surface area is 138 Å². The Morgan fingerprint density at radius 2 is 1.77 bits per heavy atom.